The Labute approximate surface area is 132 Å². The van der Waals surface area contributed by atoms with Crippen molar-refractivity contribution in [3.63, 3.8) is 0 Å². The molecule has 3 rings (SSSR count). The van der Waals surface area contributed by atoms with Crippen LogP contribution in [0.5, 0.6) is 0 Å². The third-order valence-corrected chi connectivity index (χ3v) is 4.33. The minimum Gasteiger partial charge on any atom is -0.283 e. The molecule has 0 aliphatic rings. The smallest absolute Gasteiger partial charge is 0.236 e. The Hall–Kier alpha value is -2.74. The molecule has 6 nitrogen and oxygen atoms in total. The Balaban J connectivity index is 1.73. The van der Waals surface area contributed by atoms with E-state index in [0.717, 1.165) is 5.69 Å². The molecule has 8 heteroatoms. The van der Waals surface area contributed by atoms with Crippen molar-refractivity contribution in [3.8, 4) is 5.69 Å². The van der Waals surface area contributed by atoms with E-state index in [2.05, 4.69) is 14.8 Å². The molecule has 0 amide bonds. The first kappa shape index (κ1) is 15.2. The number of sulfonamides is 1. The fraction of sp³-hybridized carbons (Fsp3) is 0.0667. The molecule has 1 aromatic heterocycles. The summed E-state index contributed by atoms with van der Waals surface area (Å²) in [5, 5.41) is 3.99. The average molecular weight is 332 g/mol. The fourth-order valence-electron chi connectivity index (χ4n) is 2.09. The first-order chi connectivity index (χ1) is 11.0. The second-order valence-corrected chi connectivity index (χ2v) is 6.60. The van der Waals surface area contributed by atoms with Gasteiger partial charge in [0.15, 0.2) is 0 Å². The Bertz CT molecular complexity index is 893. The molecule has 0 spiro atoms. The van der Waals surface area contributed by atoms with Crippen molar-refractivity contribution in [2.45, 2.75) is 5.75 Å². The number of aromatic nitrogens is 3. The second kappa shape index (κ2) is 6.17. The summed E-state index contributed by atoms with van der Waals surface area (Å²) < 4.78 is 41.4. The predicted octanol–water partition coefficient (Wildman–Crippen LogP) is 2.35. The molecule has 0 bridgehead atoms. The first-order valence-corrected chi connectivity index (χ1v) is 8.37. The lowest BCUT2D eigenvalue weighted by molar-refractivity contribution is 0.599. The van der Waals surface area contributed by atoms with Gasteiger partial charge in [0.05, 0.1) is 11.4 Å². The van der Waals surface area contributed by atoms with E-state index in [1.165, 1.54) is 24.5 Å². The molecule has 0 saturated carbocycles. The van der Waals surface area contributed by atoms with Crippen LogP contribution < -0.4 is 4.72 Å². The van der Waals surface area contributed by atoms with Crippen molar-refractivity contribution >= 4 is 15.7 Å². The second-order valence-electron chi connectivity index (χ2n) is 4.88. The summed E-state index contributed by atoms with van der Waals surface area (Å²) in [6, 6.07) is 12.2. The summed E-state index contributed by atoms with van der Waals surface area (Å²) in [6.07, 6.45) is 2.96. The average Bonchev–Trinajstić information content (AvgIpc) is 3.01. The SMILES string of the molecule is O=S(=O)(Cc1cccc(F)c1)Nc1ccc(-n2cncn2)cc1. The van der Waals surface area contributed by atoms with E-state index in [-0.39, 0.29) is 5.75 Å². The highest BCUT2D eigenvalue weighted by atomic mass is 32.2. The molecule has 0 aliphatic carbocycles. The largest absolute Gasteiger partial charge is 0.283 e. The molecule has 118 valence electrons. The maximum absolute atomic E-state index is 13.1. The monoisotopic (exact) mass is 332 g/mol. The molecule has 0 atom stereocenters. The number of nitrogens with zero attached hydrogens (tertiary/aromatic N) is 3. The summed E-state index contributed by atoms with van der Waals surface area (Å²) in [4.78, 5) is 3.84. The van der Waals surface area contributed by atoms with Crippen LogP contribution in [0.2, 0.25) is 0 Å². The van der Waals surface area contributed by atoms with Gasteiger partial charge >= 0.3 is 0 Å². The summed E-state index contributed by atoms with van der Waals surface area (Å²) in [5.74, 6) is -0.759. The van der Waals surface area contributed by atoms with Crippen molar-refractivity contribution in [3.05, 3.63) is 72.6 Å². The van der Waals surface area contributed by atoms with Crippen LogP contribution in [0.1, 0.15) is 5.56 Å². The maximum atomic E-state index is 13.1. The van der Waals surface area contributed by atoms with Gasteiger partial charge in [0, 0.05) is 5.69 Å². The zero-order valence-electron chi connectivity index (χ0n) is 11.9. The van der Waals surface area contributed by atoms with Crippen molar-refractivity contribution < 1.29 is 12.8 Å². The molecule has 2 aromatic carbocycles. The van der Waals surface area contributed by atoms with Crippen molar-refractivity contribution in [2.24, 2.45) is 0 Å². The van der Waals surface area contributed by atoms with Gasteiger partial charge in [-0.2, -0.15) is 5.10 Å². The molecular weight excluding hydrogens is 319 g/mol. The molecule has 0 unspecified atom stereocenters. The van der Waals surface area contributed by atoms with E-state index in [4.69, 9.17) is 0 Å². The Morgan fingerprint density at radius 1 is 1.13 bits per heavy atom. The van der Waals surface area contributed by atoms with Gasteiger partial charge in [-0.25, -0.2) is 22.5 Å². The molecule has 0 fully saturated rings. The van der Waals surface area contributed by atoms with Crippen LogP contribution in [0.15, 0.2) is 61.2 Å². The lowest BCUT2D eigenvalue weighted by Crippen LogP contribution is -2.15. The van der Waals surface area contributed by atoms with E-state index in [0.29, 0.717) is 11.3 Å². The Morgan fingerprint density at radius 2 is 1.91 bits per heavy atom. The van der Waals surface area contributed by atoms with E-state index >= 15 is 0 Å². The summed E-state index contributed by atoms with van der Waals surface area (Å²) in [6.45, 7) is 0. The minimum absolute atomic E-state index is 0.296. The van der Waals surface area contributed by atoms with Gasteiger partial charge < -0.3 is 0 Å². The highest BCUT2D eigenvalue weighted by Gasteiger charge is 2.12. The molecule has 1 N–H and O–H groups in total. The quantitative estimate of drug-likeness (QED) is 0.778. The van der Waals surface area contributed by atoms with Crippen LogP contribution in [0.25, 0.3) is 5.69 Å². The normalized spacial score (nSPS) is 11.3. The summed E-state index contributed by atoms with van der Waals surface area (Å²) in [5.41, 5.74) is 1.57. The molecule has 0 aliphatic heterocycles. The number of hydrogen-bond acceptors (Lipinski definition) is 4. The molecular formula is C15H13FN4O2S. The molecule has 3 aromatic rings. The molecule has 1 heterocycles. The lowest BCUT2D eigenvalue weighted by Gasteiger charge is -2.09. The van der Waals surface area contributed by atoms with Crippen LogP contribution in [0.4, 0.5) is 10.1 Å². The third-order valence-electron chi connectivity index (χ3n) is 3.07. The molecule has 0 saturated heterocycles. The van der Waals surface area contributed by atoms with E-state index in [1.807, 2.05) is 0 Å². The van der Waals surface area contributed by atoms with Crippen LogP contribution in [0.3, 0.4) is 0 Å². The van der Waals surface area contributed by atoms with E-state index in [1.54, 1.807) is 41.3 Å². The van der Waals surface area contributed by atoms with Gasteiger partial charge in [-0.3, -0.25) is 4.72 Å². The van der Waals surface area contributed by atoms with Gasteiger partial charge in [0.25, 0.3) is 0 Å². The van der Waals surface area contributed by atoms with Gasteiger partial charge in [0.1, 0.15) is 18.5 Å². The first-order valence-electron chi connectivity index (χ1n) is 6.72. The standard InChI is InChI=1S/C15H13FN4O2S/c16-13-3-1-2-12(8-13)9-23(21,22)19-14-4-6-15(7-5-14)20-11-17-10-18-20/h1-8,10-11,19H,9H2. The number of nitrogens with one attached hydrogen (secondary N) is 1. The minimum atomic E-state index is -3.62. The number of anilines is 1. The van der Waals surface area contributed by atoms with E-state index in [9.17, 15) is 12.8 Å². The van der Waals surface area contributed by atoms with Gasteiger partial charge in [-0.1, -0.05) is 12.1 Å². The number of rotatable bonds is 5. The predicted molar refractivity (Wildman–Crippen MR) is 84.0 cm³/mol. The zero-order chi connectivity index (χ0) is 16.3. The zero-order valence-corrected chi connectivity index (χ0v) is 12.7. The summed E-state index contributed by atoms with van der Waals surface area (Å²) in [7, 11) is -3.62. The van der Waals surface area contributed by atoms with Gasteiger partial charge in [0.2, 0.25) is 10.0 Å². The Kier molecular flexibility index (Phi) is 4.07. The molecule has 23 heavy (non-hydrogen) atoms. The molecule has 0 radical (unpaired) electrons. The number of hydrogen-bond donors (Lipinski definition) is 1. The topological polar surface area (TPSA) is 76.9 Å². The number of halogens is 1. The fourth-order valence-corrected chi connectivity index (χ4v) is 3.27. The van der Waals surface area contributed by atoms with Crippen molar-refractivity contribution in [1.82, 2.24) is 14.8 Å². The highest BCUT2D eigenvalue weighted by Crippen LogP contribution is 2.16. The van der Waals surface area contributed by atoms with Crippen LogP contribution >= 0.6 is 0 Å². The van der Waals surface area contributed by atoms with Crippen LogP contribution in [-0.2, 0) is 15.8 Å². The highest BCUT2D eigenvalue weighted by molar-refractivity contribution is 7.91. The maximum Gasteiger partial charge on any atom is 0.236 e. The number of benzene rings is 2. The Morgan fingerprint density at radius 3 is 2.57 bits per heavy atom. The van der Waals surface area contributed by atoms with Crippen molar-refractivity contribution in [1.29, 1.82) is 0 Å². The summed E-state index contributed by atoms with van der Waals surface area (Å²) >= 11 is 0. The van der Waals surface area contributed by atoms with Gasteiger partial charge in [-0.05, 0) is 42.0 Å². The van der Waals surface area contributed by atoms with E-state index < -0.39 is 15.8 Å². The van der Waals surface area contributed by atoms with Crippen LogP contribution in [-0.4, -0.2) is 23.2 Å². The lowest BCUT2D eigenvalue weighted by atomic mass is 10.2. The van der Waals surface area contributed by atoms with Gasteiger partial charge in [-0.15, -0.1) is 0 Å². The van der Waals surface area contributed by atoms with Crippen molar-refractivity contribution in [2.75, 3.05) is 4.72 Å². The third kappa shape index (κ3) is 3.92. The van der Waals surface area contributed by atoms with Crippen LogP contribution in [0, 0.1) is 5.82 Å².